The Bertz CT molecular complexity index is 676. The molecule has 18 heavy (non-hydrogen) atoms. The van der Waals surface area contributed by atoms with Gasteiger partial charge in [-0.3, -0.25) is 0 Å². The fraction of sp³-hybridized carbons (Fsp3) is 0.364. The molecule has 0 atom stereocenters. The number of rotatable bonds is 4. The SMILES string of the molecule is Cc1cccc2c1nc(N)n2CCNS(C)(=O)=O. The van der Waals surface area contributed by atoms with Crippen LogP contribution in [0.2, 0.25) is 0 Å². The Kier molecular flexibility index (Phi) is 3.27. The summed E-state index contributed by atoms with van der Waals surface area (Å²) >= 11 is 0. The fourth-order valence-electron chi connectivity index (χ4n) is 1.88. The lowest BCUT2D eigenvalue weighted by Crippen LogP contribution is -2.26. The Morgan fingerprint density at radius 2 is 2.17 bits per heavy atom. The summed E-state index contributed by atoms with van der Waals surface area (Å²) in [5, 5.41) is 0. The molecule has 0 saturated heterocycles. The van der Waals surface area contributed by atoms with Gasteiger partial charge in [-0.2, -0.15) is 0 Å². The van der Waals surface area contributed by atoms with Crippen LogP contribution in [0.4, 0.5) is 5.95 Å². The molecular formula is C11H16N4O2S. The van der Waals surface area contributed by atoms with Crippen molar-refractivity contribution in [3.8, 4) is 0 Å². The lowest BCUT2D eigenvalue weighted by molar-refractivity contribution is 0.581. The largest absolute Gasteiger partial charge is 0.369 e. The molecule has 3 N–H and O–H groups in total. The summed E-state index contributed by atoms with van der Waals surface area (Å²) in [6.45, 7) is 2.72. The molecular weight excluding hydrogens is 252 g/mol. The van der Waals surface area contributed by atoms with Crippen LogP contribution in [0.3, 0.4) is 0 Å². The summed E-state index contributed by atoms with van der Waals surface area (Å²) in [5.41, 5.74) is 8.67. The molecule has 0 aliphatic heterocycles. The number of nitrogens with two attached hydrogens (primary N) is 1. The second-order valence-electron chi connectivity index (χ2n) is 4.23. The third-order valence-corrected chi connectivity index (χ3v) is 3.44. The van der Waals surface area contributed by atoms with Crippen molar-refractivity contribution in [1.29, 1.82) is 0 Å². The van der Waals surface area contributed by atoms with Gasteiger partial charge in [0.05, 0.1) is 17.3 Å². The molecule has 0 saturated carbocycles. The molecule has 98 valence electrons. The fourth-order valence-corrected chi connectivity index (χ4v) is 2.34. The van der Waals surface area contributed by atoms with Gasteiger partial charge in [-0.15, -0.1) is 0 Å². The Labute approximate surface area is 106 Å². The first-order chi connectivity index (χ1) is 8.38. The number of benzene rings is 1. The minimum absolute atomic E-state index is 0.294. The zero-order valence-electron chi connectivity index (χ0n) is 10.3. The first-order valence-corrected chi connectivity index (χ1v) is 7.43. The minimum Gasteiger partial charge on any atom is -0.369 e. The average molecular weight is 268 g/mol. The summed E-state index contributed by atoms with van der Waals surface area (Å²) in [4.78, 5) is 4.29. The van der Waals surface area contributed by atoms with Crippen LogP contribution >= 0.6 is 0 Å². The molecule has 7 heteroatoms. The maximum absolute atomic E-state index is 11.0. The van der Waals surface area contributed by atoms with Gasteiger partial charge in [-0.1, -0.05) is 12.1 Å². The van der Waals surface area contributed by atoms with Crippen LogP contribution in [0.25, 0.3) is 11.0 Å². The smallest absolute Gasteiger partial charge is 0.208 e. The molecule has 2 aromatic rings. The highest BCUT2D eigenvalue weighted by atomic mass is 32.2. The molecule has 0 amide bonds. The number of aryl methyl sites for hydroxylation is 1. The second kappa shape index (κ2) is 4.58. The molecule has 0 spiro atoms. The van der Waals surface area contributed by atoms with Crippen molar-refractivity contribution in [3.63, 3.8) is 0 Å². The predicted octanol–water partition coefficient (Wildman–Crippen LogP) is 0.476. The molecule has 6 nitrogen and oxygen atoms in total. The van der Waals surface area contributed by atoms with Crippen molar-refractivity contribution in [1.82, 2.24) is 14.3 Å². The quantitative estimate of drug-likeness (QED) is 0.843. The topological polar surface area (TPSA) is 90.0 Å². The number of hydrogen-bond donors (Lipinski definition) is 2. The number of para-hydroxylation sites is 1. The summed E-state index contributed by atoms with van der Waals surface area (Å²) in [5.74, 6) is 0.398. The molecule has 2 rings (SSSR count). The molecule has 0 radical (unpaired) electrons. The van der Waals surface area contributed by atoms with Crippen molar-refractivity contribution in [3.05, 3.63) is 23.8 Å². The van der Waals surface area contributed by atoms with Gasteiger partial charge < -0.3 is 10.3 Å². The van der Waals surface area contributed by atoms with E-state index in [2.05, 4.69) is 9.71 Å². The number of fused-ring (bicyclic) bond motifs is 1. The van der Waals surface area contributed by atoms with E-state index in [0.717, 1.165) is 22.9 Å². The first-order valence-electron chi connectivity index (χ1n) is 5.54. The molecule has 0 fully saturated rings. The lowest BCUT2D eigenvalue weighted by atomic mass is 10.2. The highest BCUT2D eigenvalue weighted by Gasteiger charge is 2.09. The third-order valence-electron chi connectivity index (χ3n) is 2.71. The van der Waals surface area contributed by atoms with Gasteiger partial charge in [0.1, 0.15) is 0 Å². The second-order valence-corrected chi connectivity index (χ2v) is 6.06. The van der Waals surface area contributed by atoms with E-state index in [1.54, 1.807) is 4.57 Å². The summed E-state index contributed by atoms with van der Waals surface area (Å²) in [6, 6.07) is 5.82. The van der Waals surface area contributed by atoms with Gasteiger partial charge in [0.25, 0.3) is 0 Å². The molecule has 0 unspecified atom stereocenters. The molecule has 1 aromatic carbocycles. The Hall–Kier alpha value is -1.60. The summed E-state index contributed by atoms with van der Waals surface area (Å²) in [6.07, 6.45) is 1.13. The van der Waals surface area contributed by atoms with Gasteiger partial charge in [-0.25, -0.2) is 18.1 Å². The number of nitrogen functional groups attached to an aromatic ring is 1. The lowest BCUT2D eigenvalue weighted by Gasteiger charge is -2.06. The highest BCUT2D eigenvalue weighted by molar-refractivity contribution is 7.88. The molecule has 1 heterocycles. The van der Waals surface area contributed by atoms with E-state index in [4.69, 9.17) is 5.73 Å². The Balaban J connectivity index is 2.28. The molecule has 0 aliphatic carbocycles. The van der Waals surface area contributed by atoms with Crippen molar-refractivity contribution in [2.24, 2.45) is 0 Å². The van der Waals surface area contributed by atoms with E-state index >= 15 is 0 Å². The van der Waals surface area contributed by atoms with E-state index in [0.29, 0.717) is 19.0 Å². The van der Waals surface area contributed by atoms with Crippen molar-refractivity contribution in [2.45, 2.75) is 13.5 Å². The normalized spacial score (nSPS) is 12.1. The number of aromatic nitrogens is 2. The molecule has 1 aromatic heterocycles. The monoisotopic (exact) mass is 268 g/mol. The van der Waals surface area contributed by atoms with Crippen LogP contribution in [-0.4, -0.2) is 30.8 Å². The standard InChI is InChI=1S/C11H16N4O2S/c1-8-4-3-5-9-10(8)14-11(12)15(9)7-6-13-18(2,16)17/h3-5,13H,6-7H2,1-2H3,(H2,12,14). The number of imidazole rings is 1. The zero-order chi connectivity index (χ0) is 13.3. The van der Waals surface area contributed by atoms with Crippen LogP contribution in [0, 0.1) is 6.92 Å². The predicted molar refractivity (Wildman–Crippen MR) is 71.7 cm³/mol. The van der Waals surface area contributed by atoms with Crippen LogP contribution < -0.4 is 10.5 Å². The van der Waals surface area contributed by atoms with E-state index < -0.39 is 10.0 Å². The maximum atomic E-state index is 11.0. The average Bonchev–Trinajstić information content (AvgIpc) is 2.56. The van der Waals surface area contributed by atoms with Gasteiger partial charge in [0.2, 0.25) is 16.0 Å². The van der Waals surface area contributed by atoms with Crippen molar-refractivity contribution >= 4 is 27.0 Å². The Morgan fingerprint density at radius 3 is 2.83 bits per heavy atom. The number of sulfonamides is 1. The van der Waals surface area contributed by atoms with Crippen LogP contribution in [-0.2, 0) is 16.6 Å². The molecule has 0 aliphatic rings. The van der Waals surface area contributed by atoms with E-state index in [-0.39, 0.29) is 0 Å². The van der Waals surface area contributed by atoms with Crippen molar-refractivity contribution in [2.75, 3.05) is 18.5 Å². The van der Waals surface area contributed by atoms with Crippen molar-refractivity contribution < 1.29 is 8.42 Å². The van der Waals surface area contributed by atoms with E-state index in [1.165, 1.54) is 0 Å². The number of anilines is 1. The highest BCUT2D eigenvalue weighted by Crippen LogP contribution is 2.20. The van der Waals surface area contributed by atoms with Gasteiger partial charge in [0, 0.05) is 13.1 Å². The maximum Gasteiger partial charge on any atom is 0.208 e. The van der Waals surface area contributed by atoms with Gasteiger partial charge >= 0.3 is 0 Å². The van der Waals surface area contributed by atoms with Crippen LogP contribution in [0.1, 0.15) is 5.56 Å². The molecule has 0 bridgehead atoms. The first kappa shape index (κ1) is 12.8. The van der Waals surface area contributed by atoms with E-state index in [9.17, 15) is 8.42 Å². The van der Waals surface area contributed by atoms with E-state index in [1.807, 2.05) is 25.1 Å². The van der Waals surface area contributed by atoms with Crippen LogP contribution in [0.5, 0.6) is 0 Å². The number of hydrogen-bond acceptors (Lipinski definition) is 4. The number of nitrogens with zero attached hydrogens (tertiary/aromatic N) is 2. The van der Waals surface area contributed by atoms with Gasteiger partial charge in [-0.05, 0) is 18.6 Å². The zero-order valence-corrected chi connectivity index (χ0v) is 11.2. The Morgan fingerprint density at radius 1 is 1.44 bits per heavy atom. The number of nitrogens with one attached hydrogen (secondary N) is 1. The van der Waals surface area contributed by atoms with Gasteiger partial charge in [0.15, 0.2) is 0 Å². The minimum atomic E-state index is -3.18. The van der Waals surface area contributed by atoms with Crippen LogP contribution in [0.15, 0.2) is 18.2 Å². The third kappa shape index (κ3) is 2.62. The summed E-state index contributed by atoms with van der Waals surface area (Å²) in [7, 11) is -3.18. The summed E-state index contributed by atoms with van der Waals surface area (Å²) < 4.78 is 26.2.